The number of thiazole rings is 1. The summed E-state index contributed by atoms with van der Waals surface area (Å²) in [6, 6.07) is 5.70. The van der Waals surface area contributed by atoms with Crippen LogP contribution in [0.15, 0.2) is 45.0 Å². The SMILES string of the molecule is CC(O)(CNCc1csc(-c2ccco2)n1)c1ccsc1. The number of hydrogen-bond donors (Lipinski definition) is 2. The highest BCUT2D eigenvalue weighted by atomic mass is 32.1. The largest absolute Gasteiger partial charge is 0.462 e. The van der Waals surface area contributed by atoms with Crippen molar-refractivity contribution in [3.05, 3.63) is 51.9 Å². The monoisotopic (exact) mass is 320 g/mol. The lowest BCUT2D eigenvalue weighted by atomic mass is 9.99. The van der Waals surface area contributed by atoms with Crippen LogP contribution in [-0.2, 0) is 12.1 Å². The van der Waals surface area contributed by atoms with Crippen molar-refractivity contribution in [3.8, 4) is 10.8 Å². The summed E-state index contributed by atoms with van der Waals surface area (Å²) >= 11 is 3.15. The molecular formula is C15H16N2O2S2. The third kappa shape index (κ3) is 3.41. The van der Waals surface area contributed by atoms with Gasteiger partial charge in [0.05, 0.1) is 17.6 Å². The Balaban J connectivity index is 1.56. The Bertz CT molecular complexity index is 672. The van der Waals surface area contributed by atoms with Crippen molar-refractivity contribution < 1.29 is 9.52 Å². The van der Waals surface area contributed by atoms with Crippen molar-refractivity contribution in [2.75, 3.05) is 6.54 Å². The summed E-state index contributed by atoms with van der Waals surface area (Å²) < 4.78 is 5.33. The first kappa shape index (κ1) is 14.5. The van der Waals surface area contributed by atoms with Crippen LogP contribution < -0.4 is 5.32 Å². The standard InChI is InChI=1S/C15H16N2O2S2/c1-15(18,11-4-6-20-8-11)10-16-7-12-9-21-14(17-12)13-3-2-5-19-13/h2-6,8-9,16,18H,7,10H2,1H3. The van der Waals surface area contributed by atoms with Gasteiger partial charge >= 0.3 is 0 Å². The fourth-order valence-electron chi connectivity index (χ4n) is 2.01. The lowest BCUT2D eigenvalue weighted by Crippen LogP contribution is -2.34. The molecule has 0 aliphatic rings. The number of nitrogens with zero attached hydrogens (tertiary/aromatic N) is 1. The molecular weight excluding hydrogens is 304 g/mol. The van der Waals surface area contributed by atoms with Crippen LogP contribution in [0.25, 0.3) is 10.8 Å². The van der Waals surface area contributed by atoms with Crippen LogP contribution in [0, 0.1) is 0 Å². The molecule has 0 bridgehead atoms. The molecule has 0 saturated heterocycles. The second-order valence-corrected chi connectivity index (χ2v) is 6.65. The molecule has 0 aliphatic carbocycles. The molecule has 3 rings (SSSR count). The smallest absolute Gasteiger partial charge is 0.162 e. The zero-order valence-electron chi connectivity index (χ0n) is 11.6. The minimum Gasteiger partial charge on any atom is -0.462 e. The van der Waals surface area contributed by atoms with E-state index < -0.39 is 5.60 Å². The maximum atomic E-state index is 10.4. The molecule has 0 fully saturated rings. The molecule has 21 heavy (non-hydrogen) atoms. The summed E-state index contributed by atoms with van der Waals surface area (Å²) in [6.45, 7) is 2.92. The Kier molecular flexibility index (Phi) is 4.21. The number of thiophene rings is 1. The van der Waals surface area contributed by atoms with Crippen molar-refractivity contribution in [1.82, 2.24) is 10.3 Å². The Morgan fingerprint density at radius 1 is 1.38 bits per heavy atom. The van der Waals surface area contributed by atoms with Gasteiger partial charge in [0.15, 0.2) is 10.8 Å². The molecule has 0 spiro atoms. The van der Waals surface area contributed by atoms with E-state index in [4.69, 9.17) is 4.42 Å². The average Bonchev–Trinajstić information content (AvgIpc) is 3.20. The van der Waals surface area contributed by atoms with Crippen LogP contribution in [-0.4, -0.2) is 16.6 Å². The molecule has 2 N–H and O–H groups in total. The van der Waals surface area contributed by atoms with Gasteiger partial charge in [-0.3, -0.25) is 0 Å². The van der Waals surface area contributed by atoms with E-state index in [1.165, 1.54) is 0 Å². The van der Waals surface area contributed by atoms with Crippen LogP contribution >= 0.6 is 22.7 Å². The number of aromatic nitrogens is 1. The van der Waals surface area contributed by atoms with Gasteiger partial charge in [0, 0.05) is 18.5 Å². The van der Waals surface area contributed by atoms with Crippen LogP contribution in [0.3, 0.4) is 0 Å². The van der Waals surface area contributed by atoms with Gasteiger partial charge in [-0.2, -0.15) is 11.3 Å². The van der Waals surface area contributed by atoms with Crippen LogP contribution in [0.5, 0.6) is 0 Å². The van der Waals surface area contributed by atoms with Gasteiger partial charge in [-0.05, 0) is 41.4 Å². The molecule has 1 atom stereocenters. The van der Waals surface area contributed by atoms with Gasteiger partial charge in [0.25, 0.3) is 0 Å². The topological polar surface area (TPSA) is 58.3 Å². The van der Waals surface area contributed by atoms with E-state index in [0.29, 0.717) is 13.1 Å². The Morgan fingerprint density at radius 3 is 3.00 bits per heavy atom. The first-order valence-electron chi connectivity index (χ1n) is 6.59. The number of rotatable bonds is 6. The van der Waals surface area contributed by atoms with E-state index in [1.54, 1.807) is 28.9 Å². The highest BCUT2D eigenvalue weighted by Crippen LogP contribution is 2.24. The predicted molar refractivity (Wildman–Crippen MR) is 85.4 cm³/mol. The maximum Gasteiger partial charge on any atom is 0.162 e. The van der Waals surface area contributed by atoms with Crippen LogP contribution in [0.2, 0.25) is 0 Å². The zero-order valence-corrected chi connectivity index (χ0v) is 13.2. The summed E-state index contributed by atoms with van der Waals surface area (Å²) in [6.07, 6.45) is 1.65. The fourth-order valence-corrected chi connectivity index (χ4v) is 3.58. The Morgan fingerprint density at radius 2 is 2.29 bits per heavy atom. The second-order valence-electron chi connectivity index (χ2n) is 5.01. The summed E-state index contributed by atoms with van der Waals surface area (Å²) in [4.78, 5) is 4.52. The summed E-state index contributed by atoms with van der Waals surface area (Å²) in [5, 5.41) is 20.5. The highest BCUT2D eigenvalue weighted by Gasteiger charge is 2.22. The maximum absolute atomic E-state index is 10.4. The fraction of sp³-hybridized carbons (Fsp3) is 0.267. The third-order valence-corrected chi connectivity index (χ3v) is 4.79. The van der Waals surface area contributed by atoms with Crippen molar-refractivity contribution >= 4 is 22.7 Å². The van der Waals surface area contributed by atoms with Crippen molar-refractivity contribution in [1.29, 1.82) is 0 Å². The molecule has 0 aliphatic heterocycles. The number of hydrogen-bond acceptors (Lipinski definition) is 6. The van der Waals surface area contributed by atoms with Crippen molar-refractivity contribution in [3.63, 3.8) is 0 Å². The van der Waals surface area contributed by atoms with Gasteiger partial charge in [-0.1, -0.05) is 0 Å². The lowest BCUT2D eigenvalue weighted by Gasteiger charge is -2.22. The van der Waals surface area contributed by atoms with Crippen LogP contribution in [0.1, 0.15) is 18.2 Å². The molecule has 3 heterocycles. The van der Waals surface area contributed by atoms with E-state index in [9.17, 15) is 5.11 Å². The molecule has 4 nitrogen and oxygen atoms in total. The minimum atomic E-state index is -0.861. The average molecular weight is 320 g/mol. The normalized spacial score (nSPS) is 14.2. The number of furan rings is 1. The van der Waals surface area contributed by atoms with E-state index >= 15 is 0 Å². The first-order chi connectivity index (χ1) is 10.1. The van der Waals surface area contributed by atoms with Gasteiger partial charge < -0.3 is 14.8 Å². The second kappa shape index (κ2) is 6.11. The molecule has 0 radical (unpaired) electrons. The zero-order chi connectivity index (χ0) is 14.7. The van der Waals surface area contributed by atoms with Gasteiger partial charge in [0.1, 0.15) is 0 Å². The van der Waals surface area contributed by atoms with E-state index in [2.05, 4.69) is 10.3 Å². The van der Waals surface area contributed by atoms with E-state index in [0.717, 1.165) is 22.0 Å². The molecule has 110 valence electrons. The third-order valence-electron chi connectivity index (χ3n) is 3.20. The van der Waals surface area contributed by atoms with Gasteiger partial charge in [-0.25, -0.2) is 4.98 Å². The summed E-state index contributed by atoms with van der Waals surface area (Å²) in [7, 11) is 0. The highest BCUT2D eigenvalue weighted by molar-refractivity contribution is 7.13. The number of aliphatic hydroxyl groups is 1. The predicted octanol–water partition coefficient (Wildman–Crippen LogP) is 3.46. The Hall–Kier alpha value is -1.47. The first-order valence-corrected chi connectivity index (χ1v) is 8.41. The molecule has 3 aromatic rings. The van der Waals surface area contributed by atoms with Gasteiger partial charge in [0.2, 0.25) is 0 Å². The molecule has 0 amide bonds. The summed E-state index contributed by atoms with van der Waals surface area (Å²) in [5.74, 6) is 0.788. The van der Waals surface area contributed by atoms with Gasteiger partial charge in [-0.15, -0.1) is 11.3 Å². The van der Waals surface area contributed by atoms with Crippen molar-refractivity contribution in [2.24, 2.45) is 0 Å². The Labute approximate surface area is 131 Å². The minimum absolute atomic E-state index is 0.483. The summed E-state index contributed by atoms with van der Waals surface area (Å²) in [5.41, 5.74) is 1.03. The molecule has 0 aromatic carbocycles. The molecule has 0 saturated carbocycles. The molecule has 1 unspecified atom stereocenters. The molecule has 3 aromatic heterocycles. The quantitative estimate of drug-likeness (QED) is 0.730. The van der Waals surface area contributed by atoms with Crippen molar-refractivity contribution in [2.45, 2.75) is 19.1 Å². The van der Waals surface area contributed by atoms with E-state index in [-0.39, 0.29) is 0 Å². The molecule has 6 heteroatoms. The van der Waals surface area contributed by atoms with Crippen LogP contribution in [0.4, 0.5) is 0 Å². The van der Waals surface area contributed by atoms with E-state index in [1.807, 2.05) is 41.3 Å². The lowest BCUT2D eigenvalue weighted by molar-refractivity contribution is 0.0570. The number of nitrogens with one attached hydrogen (secondary N) is 1.